The van der Waals surface area contributed by atoms with E-state index in [2.05, 4.69) is 20.5 Å². The van der Waals surface area contributed by atoms with E-state index < -0.39 is 29.7 Å². The Labute approximate surface area is 184 Å². The first-order valence-electron chi connectivity index (χ1n) is 9.49. The summed E-state index contributed by atoms with van der Waals surface area (Å²) in [6.07, 6.45) is -3.17. The van der Waals surface area contributed by atoms with Crippen LogP contribution in [0.4, 0.5) is 19.0 Å². The molecule has 3 heterocycles. The normalized spacial score (nSPS) is 16.6. The zero-order valence-corrected chi connectivity index (χ0v) is 17.4. The third-order valence-electron chi connectivity index (χ3n) is 4.95. The number of amides is 2. The maximum absolute atomic E-state index is 12.9. The van der Waals surface area contributed by atoms with Crippen LogP contribution in [0.25, 0.3) is 0 Å². The van der Waals surface area contributed by atoms with Gasteiger partial charge in [0.1, 0.15) is 18.2 Å². The zero-order valence-electron chi connectivity index (χ0n) is 16.7. The minimum absolute atomic E-state index is 0.00411. The molecule has 13 heteroatoms. The van der Waals surface area contributed by atoms with Gasteiger partial charge in [0.05, 0.1) is 6.54 Å². The molecule has 1 atom stereocenters. The number of likely N-dealkylation sites (N-methyl/N-ethyl adjacent to an activating group) is 1. The molecule has 0 bridgehead atoms. The van der Waals surface area contributed by atoms with E-state index in [-0.39, 0.29) is 24.6 Å². The highest BCUT2D eigenvalue weighted by molar-refractivity contribution is 6.30. The summed E-state index contributed by atoms with van der Waals surface area (Å²) in [6.45, 7) is 0.385. The Hall–Kier alpha value is -3.41. The molecule has 0 aliphatic carbocycles. The van der Waals surface area contributed by atoms with E-state index >= 15 is 0 Å². The lowest BCUT2D eigenvalue weighted by atomic mass is 10.2. The van der Waals surface area contributed by atoms with Gasteiger partial charge in [0, 0.05) is 24.7 Å². The van der Waals surface area contributed by atoms with Crippen LogP contribution in [-0.2, 0) is 24.1 Å². The minimum Gasteiger partial charge on any atom is -0.337 e. The fraction of sp³-hybridized carbons (Fsp3) is 0.316. The second-order valence-corrected chi connectivity index (χ2v) is 7.65. The highest BCUT2D eigenvalue weighted by Gasteiger charge is 2.38. The SMILES string of the molecule is CN1C(=O)[C@@H](NC(=O)c2ncn(Cc3ccc(Cl)cc3)n2)CCn2nc(C(F)(F)F)cc21. The fourth-order valence-corrected chi connectivity index (χ4v) is 3.44. The zero-order chi connectivity index (χ0) is 23.0. The Bertz CT molecular complexity index is 1160. The predicted octanol–water partition coefficient (Wildman–Crippen LogP) is 2.36. The number of halogens is 4. The van der Waals surface area contributed by atoms with E-state index in [1.165, 1.54) is 18.1 Å². The highest BCUT2D eigenvalue weighted by atomic mass is 35.5. The van der Waals surface area contributed by atoms with Gasteiger partial charge in [-0.25, -0.2) is 14.3 Å². The van der Waals surface area contributed by atoms with E-state index in [1.807, 2.05) is 12.1 Å². The quantitative estimate of drug-likeness (QED) is 0.635. The third kappa shape index (κ3) is 4.44. The summed E-state index contributed by atoms with van der Waals surface area (Å²) in [7, 11) is 1.33. The van der Waals surface area contributed by atoms with Crippen molar-refractivity contribution in [3.63, 3.8) is 0 Å². The van der Waals surface area contributed by atoms with E-state index in [0.717, 1.165) is 21.2 Å². The van der Waals surface area contributed by atoms with E-state index in [0.29, 0.717) is 11.6 Å². The monoisotopic (exact) mass is 467 g/mol. The van der Waals surface area contributed by atoms with Gasteiger partial charge in [-0.1, -0.05) is 23.7 Å². The van der Waals surface area contributed by atoms with E-state index in [1.54, 1.807) is 12.1 Å². The van der Waals surface area contributed by atoms with Crippen LogP contribution in [0.15, 0.2) is 36.7 Å². The van der Waals surface area contributed by atoms with Crippen molar-refractivity contribution in [2.24, 2.45) is 0 Å². The van der Waals surface area contributed by atoms with Crippen LogP contribution in [0.3, 0.4) is 0 Å². The van der Waals surface area contributed by atoms with E-state index in [4.69, 9.17) is 11.6 Å². The first-order valence-corrected chi connectivity index (χ1v) is 9.87. The van der Waals surface area contributed by atoms with Crippen molar-refractivity contribution in [2.45, 2.75) is 31.7 Å². The number of fused-ring (bicyclic) bond motifs is 1. The van der Waals surface area contributed by atoms with Crippen LogP contribution >= 0.6 is 11.6 Å². The number of nitrogens with zero attached hydrogens (tertiary/aromatic N) is 6. The summed E-state index contributed by atoms with van der Waals surface area (Å²) < 4.78 is 41.4. The summed E-state index contributed by atoms with van der Waals surface area (Å²) in [5, 5.41) is 10.8. The number of aromatic nitrogens is 5. The molecule has 32 heavy (non-hydrogen) atoms. The number of benzene rings is 1. The van der Waals surface area contributed by atoms with Crippen molar-refractivity contribution in [3.8, 4) is 0 Å². The summed E-state index contributed by atoms with van der Waals surface area (Å²) in [4.78, 5) is 30.3. The second-order valence-electron chi connectivity index (χ2n) is 7.21. The number of carbonyl (C=O) groups excluding carboxylic acids is 2. The highest BCUT2D eigenvalue weighted by Crippen LogP contribution is 2.32. The molecule has 0 unspecified atom stereocenters. The molecule has 0 fully saturated rings. The third-order valence-corrected chi connectivity index (χ3v) is 5.21. The van der Waals surface area contributed by atoms with Gasteiger partial charge in [0.25, 0.3) is 11.8 Å². The number of alkyl halides is 3. The maximum atomic E-state index is 12.9. The largest absolute Gasteiger partial charge is 0.435 e. The van der Waals surface area contributed by atoms with Crippen LogP contribution < -0.4 is 10.2 Å². The number of hydrogen-bond acceptors (Lipinski definition) is 5. The first-order chi connectivity index (χ1) is 15.1. The first kappa shape index (κ1) is 21.8. The van der Waals surface area contributed by atoms with Crippen molar-refractivity contribution < 1.29 is 22.8 Å². The Morgan fingerprint density at radius 2 is 1.97 bits per heavy atom. The average molecular weight is 468 g/mol. The Morgan fingerprint density at radius 3 is 2.66 bits per heavy atom. The average Bonchev–Trinajstić information content (AvgIpc) is 3.36. The molecule has 1 N–H and O–H groups in total. The summed E-state index contributed by atoms with van der Waals surface area (Å²) in [5.41, 5.74) is -0.176. The topological polar surface area (TPSA) is 97.9 Å². The van der Waals surface area contributed by atoms with Crippen molar-refractivity contribution in [2.75, 3.05) is 11.9 Å². The molecule has 4 rings (SSSR count). The molecule has 168 valence electrons. The number of rotatable bonds is 4. The van der Waals surface area contributed by atoms with Gasteiger partial charge in [-0.05, 0) is 24.1 Å². The Morgan fingerprint density at radius 1 is 1.25 bits per heavy atom. The van der Waals surface area contributed by atoms with Crippen molar-refractivity contribution in [1.29, 1.82) is 0 Å². The molecule has 1 aliphatic rings. The van der Waals surface area contributed by atoms with Crippen LogP contribution in [0.1, 0.15) is 28.3 Å². The number of nitrogens with one attached hydrogen (secondary N) is 1. The molecule has 2 aromatic heterocycles. The lowest BCUT2D eigenvalue weighted by molar-refractivity contribution is -0.141. The summed E-state index contributed by atoms with van der Waals surface area (Å²) in [5.74, 6) is -1.35. The molecule has 2 amide bonds. The molecule has 9 nitrogen and oxygen atoms in total. The number of aryl methyl sites for hydroxylation is 1. The molecule has 0 radical (unpaired) electrons. The van der Waals surface area contributed by atoms with Crippen molar-refractivity contribution in [3.05, 3.63) is 58.8 Å². The molecule has 1 aromatic carbocycles. The molecular weight excluding hydrogens is 451 g/mol. The van der Waals surface area contributed by atoms with Gasteiger partial charge in [0.15, 0.2) is 5.69 Å². The van der Waals surface area contributed by atoms with Gasteiger partial charge >= 0.3 is 6.18 Å². The minimum atomic E-state index is -4.62. The van der Waals surface area contributed by atoms with Crippen molar-refractivity contribution >= 4 is 29.2 Å². The predicted molar refractivity (Wildman–Crippen MR) is 107 cm³/mol. The van der Waals surface area contributed by atoms with Crippen LogP contribution in [-0.4, -0.2) is 49.4 Å². The number of hydrogen-bond donors (Lipinski definition) is 1. The number of carbonyl (C=O) groups is 2. The molecule has 1 aliphatic heterocycles. The fourth-order valence-electron chi connectivity index (χ4n) is 3.31. The van der Waals surface area contributed by atoms with Gasteiger partial charge in [0.2, 0.25) is 5.82 Å². The molecular formula is C19H17ClF3N7O2. The Balaban J connectivity index is 1.43. The molecule has 0 saturated heterocycles. The smallest absolute Gasteiger partial charge is 0.337 e. The van der Waals surface area contributed by atoms with Gasteiger partial charge in [-0.3, -0.25) is 14.5 Å². The van der Waals surface area contributed by atoms with Gasteiger partial charge in [-0.15, -0.1) is 5.10 Å². The Kier molecular flexibility index (Phi) is 5.63. The molecule has 0 spiro atoms. The lowest BCUT2D eigenvalue weighted by Crippen LogP contribution is -2.47. The van der Waals surface area contributed by atoms with Gasteiger partial charge < -0.3 is 5.32 Å². The molecule has 3 aromatic rings. The molecule has 0 saturated carbocycles. The van der Waals surface area contributed by atoms with Crippen molar-refractivity contribution in [1.82, 2.24) is 29.9 Å². The number of anilines is 1. The summed E-state index contributed by atoms with van der Waals surface area (Å²) >= 11 is 5.86. The summed E-state index contributed by atoms with van der Waals surface area (Å²) in [6, 6.07) is 6.94. The van der Waals surface area contributed by atoms with Crippen LogP contribution in [0, 0.1) is 0 Å². The standard InChI is InChI=1S/C19H17ClF3N7O2/c1-28-15-8-14(19(21,22)23)26-30(15)7-6-13(18(28)32)25-17(31)16-24-10-29(27-16)9-11-2-4-12(20)5-3-11/h2-5,8,10,13H,6-7,9H2,1H3,(H,25,31)/t13-/m0/s1. The second kappa shape index (κ2) is 8.26. The van der Waals surface area contributed by atoms with Crippen LogP contribution in [0.2, 0.25) is 5.02 Å². The van der Waals surface area contributed by atoms with E-state index in [9.17, 15) is 22.8 Å². The van der Waals surface area contributed by atoms with Crippen LogP contribution in [0.5, 0.6) is 0 Å². The lowest BCUT2D eigenvalue weighted by Gasteiger charge is -2.19. The van der Waals surface area contributed by atoms with Gasteiger partial charge in [-0.2, -0.15) is 18.3 Å². The maximum Gasteiger partial charge on any atom is 0.435 e.